The average Bonchev–Trinajstić information content (AvgIpc) is 2.79. The van der Waals surface area contributed by atoms with Crippen LogP contribution in [0.25, 0.3) is 0 Å². The van der Waals surface area contributed by atoms with Crippen LogP contribution in [0.1, 0.15) is 22.8 Å². The van der Waals surface area contributed by atoms with E-state index in [-0.39, 0.29) is 6.10 Å². The van der Waals surface area contributed by atoms with E-state index in [1.807, 2.05) is 60.8 Å². The topological polar surface area (TPSA) is 24.5 Å². The van der Waals surface area contributed by atoms with Gasteiger partial charge in [-0.05, 0) is 34.9 Å². The van der Waals surface area contributed by atoms with Crippen LogP contribution in [0, 0.1) is 0 Å². The smallest absolute Gasteiger partial charge is 0.149 e. The zero-order valence-corrected chi connectivity index (χ0v) is 15.7. The molecule has 0 saturated carbocycles. The Labute approximate surface area is 166 Å². The minimum Gasteiger partial charge on any atom is -0.481 e. The van der Waals surface area contributed by atoms with Crippen molar-refractivity contribution in [2.24, 2.45) is 0 Å². The van der Waals surface area contributed by atoms with Crippen molar-refractivity contribution in [1.82, 2.24) is 10.4 Å². The van der Waals surface area contributed by atoms with Gasteiger partial charge in [-0.25, -0.2) is 5.43 Å². The zero-order chi connectivity index (χ0) is 19.0. The van der Waals surface area contributed by atoms with E-state index in [4.69, 9.17) is 4.74 Å². The molecule has 3 heteroatoms. The van der Waals surface area contributed by atoms with Crippen LogP contribution in [0.15, 0.2) is 109 Å². The predicted molar refractivity (Wildman–Crippen MR) is 114 cm³/mol. The van der Waals surface area contributed by atoms with Crippen LogP contribution in [-0.2, 0) is 6.54 Å². The quantitative estimate of drug-likeness (QED) is 0.617. The number of hydrogen-bond donors (Lipinski definition) is 1. The van der Waals surface area contributed by atoms with Gasteiger partial charge in [-0.3, -0.25) is 0 Å². The summed E-state index contributed by atoms with van der Waals surface area (Å²) in [5.74, 6) is 0.863. The van der Waals surface area contributed by atoms with E-state index in [9.17, 15) is 0 Å². The van der Waals surface area contributed by atoms with Crippen LogP contribution in [0.3, 0.4) is 0 Å². The lowest BCUT2D eigenvalue weighted by molar-refractivity contribution is 0.247. The summed E-state index contributed by atoms with van der Waals surface area (Å²) in [4.78, 5) is 0. The van der Waals surface area contributed by atoms with Gasteiger partial charge < -0.3 is 9.75 Å². The van der Waals surface area contributed by atoms with Gasteiger partial charge in [0.05, 0.1) is 6.54 Å². The van der Waals surface area contributed by atoms with Gasteiger partial charge >= 0.3 is 0 Å². The lowest BCUT2D eigenvalue weighted by atomic mass is 10.0. The van der Waals surface area contributed by atoms with Crippen LogP contribution in [0.5, 0.6) is 5.75 Å². The maximum Gasteiger partial charge on any atom is 0.149 e. The number of rotatable bonds is 7. The lowest BCUT2D eigenvalue weighted by Crippen LogP contribution is -2.33. The molecule has 28 heavy (non-hydrogen) atoms. The fourth-order valence-corrected chi connectivity index (χ4v) is 3.18. The third-order valence-corrected chi connectivity index (χ3v) is 4.68. The molecule has 0 saturated heterocycles. The van der Waals surface area contributed by atoms with Gasteiger partial charge in [0.15, 0.2) is 0 Å². The second-order valence-corrected chi connectivity index (χ2v) is 6.72. The van der Waals surface area contributed by atoms with Gasteiger partial charge in [-0.1, -0.05) is 84.9 Å². The monoisotopic (exact) mass is 368 g/mol. The molecule has 4 rings (SSSR count). The summed E-state index contributed by atoms with van der Waals surface area (Å²) in [7, 11) is 0. The SMILES string of the molecule is C1=CCN(NCc2ccc(OC(c3ccccc3)c3ccccc3)cc2)C=C1. The number of benzene rings is 3. The first kappa shape index (κ1) is 18.1. The van der Waals surface area contributed by atoms with Crippen LogP contribution in [0.2, 0.25) is 0 Å². The highest BCUT2D eigenvalue weighted by atomic mass is 16.5. The highest BCUT2D eigenvalue weighted by Gasteiger charge is 2.15. The number of ether oxygens (including phenoxy) is 1. The molecule has 1 aliphatic heterocycles. The Hall–Kier alpha value is -3.30. The largest absolute Gasteiger partial charge is 0.481 e. The number of hydrazine groups is 1. The summed E-state index contributed by atoms with van der Waals surface area (Å²) in [5.41, 5.74) is 6.90. The van der Waals surface area contributed by atoms with E-state index in [2.05, 4.69) is 59.0 Å². The molecule has 0 spiro atoms. The highest BCUT2D eigenvalue weighted by Crippen LogP contribution is 2.28. The predicted octanol–water partition coefficient (Wildman–Crippen LogP) is 5.25. The Bertz CT molecular complexity index is 878. The third-order valence-electron chi connectivity index (χ3n) is 4.68. The van der Waals surface area contributed by atoms with Crippen molar-refractivity contribution in [2.75, 3.05) is 6.54 Å². The van der Waals surface area contributed by atoms with E-state index >= 15 is 0 Å². The van der Waals surface area contributed by atoms with Crippen molar-refractivity contribution >= 4 is 0 Å². The Balaban J connectivity index is 1.45. The molecule has 1 N–H and O–H groups in total. The van der Waals surface area contributed by atoms with E-state index in [0.29, 0.717) is 0 Å². The normalized spacial score (nSPS) is 13.1. The Morgan fingerprint density at radius 1 is 0.786 bits per heavy atom. The van der Waals surface area contributed by atoms with Crippen LogP contribution >= 0.6 is 0 Å². The average molecular weight is 368 g/mol. The van der Waals surface area contributed by atoms with Crippen molar-refractivity contribution in [2.45, 2.75) is 12.6 Å². The molecule has 0 amide bonds. The van der Waals surface area contributed by atoms with E-state index in [1.165, 1.54) is 5.56 Å². The number of hydrogen-bond acceptors (Lipinski definition) is 3. The van der Waals surface area contributed by atoms with Crippen LogP contribution in [0.4, 0.5) is 0 Å². The molecule has 0 unspecified atom stereocenters. The fourth-order valence-electron chi connectivity index (χ4n) is 3.18. The molecular weight excluding hydrogens is 344 g/mol. The Morgan fingerprint density at radius 2 is 1.43 bits per heavy atom. The number of allylic oxidation sites excluding steroid dienone is 2. The molecule has 0 bridgehead atoms. The Kier molecular flexibility index (Phi) is 5.86. The summed E-state index contributed by atoms with van der Waals surface area (Å²) in [6.07, 6.45) is 8.12. The van der Waals surface area contributed by atoms with Gasteiger partial charge in [-0.2, -0.15) is 0 Å². The van der Waals surface area contributed by atoms with Crippen molar-refractivity contribution in [3.05, 3.63) is 126 Å². The molecule has 1 aliphatic rings. The van der Waals surface area contributed by atoms with Gasteiger partial charge in [0.25, 0.3) is 0 Å². The first-order valence-electron chi connectivity index (χ1n) is 9.57. The molecular formula is C25H24N2O. The van der Waals surface area contributed by atoms with Crippen molar-refractivity contribution < 1.29 is 4.74 Å². The molecule has 0 radical (unpaired) electrons. The molecule has 0 fully saturated rings. The summed E-state index contributed by atoms with van der Waals surface area (Å²) < 4.78 is 6.38. The summed E-state index contributed by atoms with van der Waals surface area (Å²) in [6.45, 7) is 1.66. The number of nitrogens with one attached hydrogen (secondary N) is 1. The van der Waals surface area contributed by atoms with Gasteiger partial charge in [0, 0.05) is 12.7 Å². The molecule has 0 aromatic heterocycles. The molecule has 3 aromatic rings. The highest BCUT2D eigenvalue weighted by molar-refractivity contribution is 5.34. The minimum absolute atomic E-state index is 0.128. The van der Waals surface area contributed by atoms with Gasteiger partial charge in [-0.15, -0.1) is 0 Å². The van der Waals surface area contributed by atoms with Crippen molar-refractivity contribution in [3.8, 4) is 5.75 Å². The van der Waals surface area contributed by atoms with Crippen LogP contribution in [-0.4, -0.2) is 11.6 Å². The first-order chi connectivity index (χ1) is 13.9. The summed E-state index contributed by atoms with van der Waals surface area (Å²) in [5, 5.41) is 2.07. The maximum atomic E-state index is 6.38. The van der Waals surface area contributed by atoms with Crippen LogP contribution < -0.4 is 10.2 Å². The summed E-state index contributed by atoms with van der Waals surface area (Å²) in [6, 6.07) is 29.0. The summed E-state index contributed by atoms with van der Waals surface area (Å²) >= 11 is 0. The maximum absolute atomic E-state index is 6.38. The Morgan fingerprint density at radius 3 is 2.00 bits per heavy atom. The van der Waals surface area contributed by atoms with Gasteiger partial charge in [0.2, 0.25) is 0 Å². The minimum atomic E-state index is -0.128. The number of nitrogens with zero attached hydrogens (tertiary/aromatic N) is 1. The first-order valence-corrected chi connectivity index (χ1v) is 9.57. The van der Waals surface area contributed by atoms with E-state index in [1.54, 1.807) is 0 Å². The second-order valence-electron chi connectivity index (χ2n) is 6.72. The van der Waals surface area contributed by atoms with E-state index < -0.39 is 0 Å². The second kappa shape index (κ2) is 9.07. The van der Waals surface area contributed by atoms with E-state index in [0.717, 1.165) is 30.0 Å². The van der Waals surface area contributed by atoms with Gasteiger partial charge in [0.1, 0.15) is 11.9 Å². The zero-order valence-electron chi connectivity index (χ0n) is 15.7. The lowest BCUT2D eigenvalue weighted by Gasteiger charge is -2.22. The molecule has 0 atom stereocenters. The molecule has 3 nitrogen and oxygen atoms in total. The van der Waals surface area contributed by atoms with Crippen molar-refractivity contribution in [3.63, 3.8) is 0 Å². The molecule has 3 aromatic carbocycles. The van der Waals surface area contributed by atoms with Crippen molar-refractivity contribution in [1.29, 1.82) is 0 Å². The molecule has 140 valence electrons. The fraction of sp³-hybridized carbons (Fsp3) is 0.120. The molecule has 0 aliphatic carbocycles. The third kappa shape index (κ3) is 4.70. The standard InChI is InChI=1S/C25H24N2O/c1-4-10-22(11-5-1)25(23-12-6-2-7-13-23)28-24-16-14-21(15-17-24)20-26-27-18-8-3-9-19-27/h1-18,25-26H,19-20H2. The molecule has 1 heterocycles.